The summed E-state index contributed by atoms with van der Waals surface area (Å²) in [5, 5.41) is 0. The van der Waals surface area contributed by atoms with Crippen LogP contribution >= 0.6 is 7.82 Å². The van der Waals surface area contributed by atoms with Crippen molar-refractivity contribution < 1.29 is 37.6 Å². The molecule has 0 spiro atoms. The number of ether oxygens (including phenoxy) is 3. The molecule has 1 aliphatic heterocycles. The molecule has 0 aliphatic carbocycles. The van der Waals surface area contributed by atoms with E-state index in [1.54, 1.807) is 6.92 Å². The summed E-state index contributed by atoms with van der Waals surface area (Å²) in [5.74, 6) is 0. The van der Waals surface area contributed by atoms with Crippen LogP contribution in [0.15, 0.2) is 15.8 Å². The van der Waals surface area contributed by atoms with Gasteiger partial charge in [0.1, 0.15) is 18.4 Å². The lowest BCUT2D eigenvalue weighted by Gasteiger charge is -2.34. The lowest BCUT2D eigenvalue weighted by molar-refractivity contribution is -0.154. The van der Waals surface area contributed by atoms with Crippen molar-refractivity contribution in [3.05, 3.63) is 32.6 Å². The van der Waals surface area contributed by atoms with Crippen LogP contribution in [0.1, 0.15) is 135 Å². The molecule has 13 heteroatoms. The topological polar surface area (TPSA) is 138 Å². The third-order valence-corrected chi connectivity index (χ3v) is 8.75. The van der Waals surface area contributed by atoms with Gasteiger partial charge in [0.2, 0.25) is 0 Å². The number of aryl methyl sites for hydroxylation is 1. The second-order valence-corrected chi connectivity index (χ2v) is 13.1. The summed E-state index contributed by atoms with van der Waals surface area (Å²) >= 11 is 0. The van der Waals surface area contributed by atoms with Gasteiger partial charge in [0, 0.05) is 25.0 Å². The number of hydrogen-bond acceptors (Lipinski definition) is 7. The van der Waals surface area contributed by atoms with Crippen molar-refractivity contribution in [3.8, 4) is 0 Å². The van der Waals surface area contributed by atoms with Crippen LogP contribution in [0.25, 0.3) is 0 Å². The van der Waals surface area contributed by atoms with Crippen LogP contribution in [-0.2, 0) is 23.3 Å². The minimum atomic E-state index is -4.97. The maximum atomic E-state index is 14.1. The molecule has 2 rings (SSSR count). The number of halogens is 1. The Morgan fingerprint density at radius 2 is 1.48 bits per heavy atom. The van der Waals surface area contributed by atoms with Crippen molar-refractivity contribution in [1.82, 2.24) is 9.36 Å². The molecule has 0 radical (unpaired) electrons. The number of aromatic nitrogens is 2. The van der Waals surface area contributed by atoms with Crippen molar-refractivity contribution in [2.24, 2.45) is 0 Å². The number of nitrogens with zero attached hydrogens (tertiary/aromatic N) is 2. The zero-order valence-electron chi connectivity index (χ0n) is 27.2. The highest BCUT2D eigenvalue weighted by molar-refractivity contribution is 7.46. The lowest BCUT2D eigenvalue weighted by atomic mass is 10.0. The Morgan fingerprint density at radius 3 is 2.00 bits per heavy atom. The normalized spacial score (nSPS) is 19.3. The molecule has 2 heterocycles. The minimum Gasteiger partial charge on any atom is -0.376 e. The highest BCUT2D eigenvalue weighted by atomic mass is 31.2. The standard InChI is InChI=1S/C31H56FN2O9P/c1-5-7-8-9-10-11-12-13-14-15-16-17-18-19-22-41-28(25(4)40-6-2)29(43-44(37,38)39)26-20-21-27(42-26)33-23-24(3)30(35)34(32)31(33)36/h23,25-29H,5-22H2,1-4H3,(H2,37,38,39)/t25?,26-,27+,28?,29?/m0/s1. The zero-order valence-corrected chi connectivity index (χ0v) is 28.1. The fraction of sp³-hybridized carbons (Fsp3) is 0.871. The maximum Gasteiger partial charge on any atom is 0.470 e. The van der Waals surface area contributed by atoms with Crippen LogP contribution < -0.4 is 11.2 Å². The van der Waals surface area contributed by atoms with Gasteiger partial charge in [-0.2, -0.15) is 0 Å². The Labute approximate surface area is 261 Å². The Bertz CT molecular complexity index is 1110. The van der Waals surface area contributed by atoms with Gasteiger partial charge < -0.3 is 24.0 Å². The molecule has 5 atom stereocenters. The first kappa shape index (κ1) is 38.8. The van der Waals surface area contributed by atoms with Gasteiger partial charge in [0.25, 0.3) is 5.56 Å². The Kier molecular flexibility index (Phi) is 18.2. The molecule has 0 aromatic carbocycles. The first-order valence-electron chi connectivity index (χ1n) is 16.6. The molecular formula is C31H56FN2O9P. The molecule has 0 amide bonds. The maximum absolute atomic E-state index is 14.1. The SMILES string of the molecule is CCCCCCCCCCCCCCCCOC(C(C)OCC)C(OP(=O)(O)O)[C@@H]1CC[C@H](n2cc(C)c(=O)n(F)c2=O)O1. The molecular weight excluding hydrogens is 594 g/mol. The predicted octanol–water partition coefficient (Wildman–Crippen LogP) is 6.50. The van der Waals surface area contributed by atoms with E-state index >= 15 is 0 Å². The molecule has 11 nitrogen and oxygen atoms in total. The summed E-state index contributed by atoms with van der Waals surface area (Å²) in [7, 11) is -4.97. The Balaban J connectivity index is 1.89. The van der Waals surface area contributed by atoms with Crippen molar-refractivity contribution in [2.75, 3.05) is 13.2 Å². The molecule has 1 aromatic rings. The predicted molar refractivity (Wildman–Crippen MR) is 167 cm³/mol. The fourth-order valence-electron chi connectivity index (χ4n) is 5.83. The van der Waals surface area contributed by atoms with E-state index in [0.717, 1.165) is 23.8 Å². The van der Waals surface area contributed by atoms with Gasteiger partial charge in [-0.25, -0.2) is 9.36 Å². The number of hydrogen-bond donors (Lipinski definition) is 2. The van der Waals surface area contributed by atoms with Gasteiger partial charge in [0.15, 0.2) is 0 Å². The summed E-state index contributed by atoms with van der Waals surface area (Å²) in [6.07, 6.45) is 14.4. The molecule has 0 saturated carbocycles. The summed E-state index contributed by atoms with van der Waals surface area (Å²) in [4.78, 5) is 43.2. The Morgan fingerprint density at radius 1 is 0.932 bits per heavy atom. The summed E-state index contributed by atoms with van der Waals surface area (Å²) in [5.41, 5.74) is -2.22. The van der Waals surface area contributed by atoms with Crippen LogP contribution in [-0.4, -0.2) is 56.8 Å². The van der Waals surface area contributed by atoms with E-state index in [1.165, 1.54) is 83.7 Å². The number of phosphoric acid groups is 1. The van der Waals surface area contributed by atoms with Gasteiger partial charge >= 0.3 is 13.5 Å². The molecule has 44 heavy (non-hydrogen) atoms. The third kappa shape index (κ3) is 13.5. The van der Waals surface area contributed by atoms with Gasteiger partial charge in [-0.05, 0) is 40.0 Å². The minimum absolute atomic E-state index is 0.0153. The molecule has 1 aromatic heterocycles. The smallest absolute Gasteiger partial charge is 0.376 e. The highest BCUT2D eigenvalue weighted by Crippen LogP contribution is 2.43. The van der Waals surface area contributed by atoms with E-state index in [4.69, 9.17) is 18.7 Å². The first-order chi connectivity index (χ1) is 21.0. The van der Waals surface area contributed by atoms with E-state index in [1.807, 2.05) is 6.92 Å². The van der Waals surface area contributed by atoms with Gasteiger partial charge in [-0.3, -0.25) is 13.9 Å². The highest BCUT2D eigenvalue weighted by Gasteiger charge is 2.44. The van der Waals surface area contributed by atoms with Crippen molar-refractivity contribution >= 4 is 7.82 Å². The van der Waals surface area contributed by atoms with E-state index in [2.05, 4.69) is 6.92 Å². The largest absolute Gasteiger partial charge is 0.470 e. The third-order valence-electron chi connectivity index (χ3n) is 8.23. The first-order valence-corrected chi connectivity index (χ1v) is 18.2. The molecule has 1 aliphatic rings. The van der Waals surface area contributed by atoms with Crippen LogP contribution in [0, 0.1) is 6.92 Å². The van der Waals surface area contributed by atoms with Gasteiger partial charge in [-0.15, -0.1) is 0 Å². The summed E-state index contributed by atoms with van der Waals surface area (Å²) in [6, 6.07) is 0. The van der Waals surface area contributed by atoms with Crippen molar-refractivity contribution in [3.63, 3.8) is 0 Å². The number of rotatable bonds is 24. The van der Waals surface area contributed by atoms with E-state index in [9.17, 15) is 28.4 Å². The number of unbranched alkanes of at least 4 members (excludes halogenated alkanes) is 13. The van der Waals surface area contributed by atoms with Crippen LogP contribution in [0.3, 0.4) is 0 Å². The Hall–Kier alpha value is -1.40. The second-order valence-electron chi connectivity index (χ2n) is 11.9. The summed E-state index contributed by atoms with van der Waals surface area (Å²) < 4.78 is 50.2. The molecule has 1 saturated heterocycles. The lowest BCUT2D eigenvalue weighted by Crippen LogP contribution is -2.47. The van der Waals surface area contributed by atoms with Crippen molar-refractivity contribution in [1.29, 1.82) is 0 Å². The van der Waals surface area contributed by atoms with Crippen LogP contribution in [0.5, 0.6) is 0 Å². The molecule has 1 fully saturated rings. The average molecular weight is 651 g/mol. The molecule has 0 bridgehead atoms. The zero-order chi connectivity index (χ0) is 32.5. The second kappa shape index (κ2) is 20.7. The van der Waals surface area contributed by atoms with Crippen molar-refractivity contribution in [2.45, 2.75) is 161 Å². The van der Waals surface area contributed by atoms with Gasteiger partial charge in [0.05, 0.1) is 12.2 Å². The molecule has 256 valence electrons. The molecule has 3 unspecified atom stereocenters. The monoisotopic (exact) mass is 650 g/mol. The van der Waals surface area contributed by atoms with Crippen LogP contribution in [0.2, 0.25) is 0 Å². The quantitative estimate of drug-likeness (QED) is 0.0949. The average Bonchev–Trinajstić information content (AvgIpc) is 3.46. The van der Waals surface area contributed by atoms with E-state index < -0.39 is 54.5 Å². The van der Waals surface area contributed by atoms with Gasteiger partial charge in [-0.1, -0.05) is 99.7 Å². The van der Waals surface area contributed by atoms with E-state index in [-0.39, 0.29) is 18.4 Å². The fourth-order valence-corrected chi connectivity index (χ4v) is 6.40. The number of phosphoric ester groups is 1. The van der Waals surface area contributed by atoms with E-state index in [0.29, 0.717) is 13.2 Å². The summed E-state index contributed by atoms with van der Waals surface area (Å²) in [6.45, 7) is 7.88. The van der Waals surface area contributed by atoms with Crippen LogP contribution in [0.4, 0.5) is 4.48 Å². The molecule has 2 N–H and O–H groups in total.